The standard InChI is InChI=1S/C18H14BrClN2O2S/c1-9-3-10(2)5-13(4-9)21-18-22-17(24)15(25-18)7-11-6-12(20)8-14(19)16(11)23/h3-8,23H,1-2H3,(H,21,22,24)/b15-7-. The number of rotatable bonds is 2. The molecule has 2 N–H and O–H groups in total. The van der Waals surface area contributed by atoms with E-state index in [1.54, 1.807) is 18.2 Å². The Morgan fingerprint density at radius 3 is 2.56 bits per heavy atom. The summed E-state index contributed by atoms with van der Waals surface area (Å²) in [5.41, 5.74) is 3.47. The zero-order valence-corrected chi connectivity index (χ0v) is 16.6. The van der Waals surface area contributed by atoms with E-state index in [0.29, 0.717) is 25.1 Å². The molecule has 1 aliphatic heterocycles. The smallest absolute Gasteiger partial charge is 0.264 e. The molecule has 3 rings (SSSR count). The van der Waals surface area contributed by atoms with Gasteiger partial charge in [0.1, 0.15) is 5.75 Å². The molecule has 0 bridgehead atoms. The fourth-order valence-electron chi connectivity index (χ4n) is 2.45. The van der Waals surface area contributed by atoms with Gasteiger partial charge in [0.15, 0.2) is 5.17 Å². The van der Waals surface area contributed by atoms with E-state index in [0.717, 1.165) is 16.8 Å². The highest BCUT2D eigenvalue weighted by Gasteiger charge is 2.24. The van der Waals surface area contributed by atoms with Gasteiger partial charge in [0.05, 0.1) is 15.1 Å². The molecule has 0 unspecified atom stereocenters. The van der Waals surface area contributed by atoms with Gasteiger partial charge in [-0.2, -0.15) is 0 Å². The fourth-order valence-corrected chi connectivity index (χ4v) is 4.12. The molecule has 0 atom stereocenters. The lowest BCUT2D eigenvalue weighted by Gasteiger charge is -2.03. The molecule has 7 heteroatoms. The van der Waals surface area contributed by atoms with Crippen LogP contribution in [-0.2, 0) is 4.79 Å². The topological polar surface area (TPSA) is 61.7 Å². The van der Waals surface area contributed by atoms with Crippen molar-refractivity contribution in [3.8, 4) is 5.75 Å². The quantitative estimate of drug-likeness (QED) is 0.625. The van der Waals surface area contributed by atoms with Crippen molar-refractivity contribution in [2.75, 3.05) is 0 Å². The first kappa shape index (κ1) is 18.0. The van der Waals surface area contributed by atoms with Gasteiger partial charge >= 0.3 is 0 Å². The summed E-state index contributed by atoms with van der Waals surface area (Å²) in [6, 6.07) is 9.16. The van der Waals surface area contributed by atoms with Gasteiger partial charge in [-0.15, -0.1) is 0 Å². The number of thioether (sulfide) groups is 1. The molecule has 25 heavy (non-hydrogen) atoms. The Balaban J connectivity index is 1.91. The van der Waals surface area contributed by atoms with Gasteiger partial charge in [-0.1, -0.05) is 17.7 Å². The normalized spacial score (nSPS) is 17.4. The van der Waals surface area contributed by atoms with Crippen molar-refractivity contribution >= 4 is 62.1 Å². The maximum Gasteiger partial charge on any atom is 0.264 e. The summed E-state index contributed by atoms with van der Waals surface area (Å²) < 4.78 is 0.472. The Labute approximate surface area is 163 Å². The minimum atomic E-state index is -0.261. The highest BCUT2D eigenvalue weighted by molar-refractivity contribution is 9.10. The zero-order chi connectivity index (χ0) is 18.1. The van der Waals surface area contributed by atoms with E-state index in [2.05, 4.69) is 32.3 Å². The van der Waals surface area contributed by atoms with Gasteiger partial charge in [-0.25, -0.2) is 4.99 Å². The molecule has 2 aromatic rings. The van der Waals surface area contributed by atoms with Crippen molar-refractivity contribution in [2.45, 2.75) is 13.8 Å². The predicted octanol–water partition coefficient (Wildman–Crippen LogP) is 5.32. The highest BCUT2D eigenvalue weighted by atomic mass is 79.9. The average Bonchev–Trinajstić information content (AvgIpc) is 2.82. The van der Waals surface area contributed by atoms with E-state index in [-0.39, 0.29) is 11.7 Å². The molecule has 1 amide bonds. The third kappa shape index (κ3) is 4.26. The number of nitrogens with zero attached hydrogens (tertiary/aromatic N) is 1. The molecule has 0 saturated carbocycles. The molecule has 1 saturated heterocycles. The Morgan fingerprint density at radius 1 is 1.20 bits per heavy atom. The van der Waals surface area contributed by atoms with Gasteiger partial charge in [0.2, 0.25) is 0 Å². The lowest BCUT2D eigenvalue weighted by atomic mass is 10.1. The number of phenols is 1. The number of amides is 1. The summed E-state index contributed by atoms with van der Waals surface area (Å²) in [6.45, 7) is 4.00. The van der Waals surface area contributed by atoms with Crippen molar-refractivity contribution in [2.24, 2.45) is 4.99 Å². The molecule has 1 aliphatic rings. The maximum atomic E-state index is 12.2. The van der Waals surface area contributed by atoms with Crippen molar-refractivity contribution in [3.05, 3.63) is 61.4 Å². The number of carbonyl (C=O) groups is 1. The lowest BCUT2D eigenvalue weighted by molar-refractivity contribution is -0.115. The number of nitrogens with one attached hydrogen (secondary N) is 1. The number of aliphatic imine (C=N–C) groups is 1. The summed E-state index contributed by atoms with van der Waals surface area (Å²) in [6.07, 6.45) is 1.59. The van der Waals surface area contributed by atoms with Gasteiger partial charge in [-0.3, -0.25) is 4.79 Å². The third-order valence-electron chi connectivity index (χ3n) is 3.43. The molecule has 0 spiro atoms. The Morgan fingerprint density at radius 2 is 1.88 bits per heavy atom. The number of hydrogen-bond donors (Lipinski definition) is 2. The zero-order valence-electron chi connectivity index (χ0n) is 13.4. The first-order valence-electron chi connectivity index (χ1n) is 7.38. The summed E-state index contributed by atoms with van der Waals surface area (Å²) in [5, 5.41) is 13.8. The highest BCUT2D eigenvalue weighted by Crippen LogP contribution is 2.35. The summed E-state index contributed by atoms with van der Waals surface area (Å²) in [4.78, 5) is 17.1. The lowest BCUT2D eigenvalue weighted by Crippen LogP contribution is -2.19. The van der Waals surface area contributed by atoms with Crippen LogP contribution in [0.2, 0.25) is 5.02 Å². The summed E-state index contributed by atoms with van der Waals surface area (Å²) in [7, 11) is 0. The summed E-state index contributed by atoms with van der Waals surface area (Å²) in [5.74, 6) is -0.228. The van der Waals surface area contributed by atoms with Crippen LogP contribution < -0.4 is 5.32 Å². The van der Waals surface area contributed by atoms with Crippen molar-refractivity contribution in [3.63, 3.8) is 0 Å². The number of phenolic OH excluding ortho intramolecular Hbond substituents is 1. The fraction of sp³-hybridized carbons (Fsp3) is 0.111. The third-order valence-corrected chi connectivity index (χ3v) is 5.16. The first-order valence-corrected chi connectivity index (χ1v) is 9.36. The van der Waals surface area contributed by atoms with Crippen LogP contribution in [0.4, 0.5) is 5.69 Å². The molecule has 0 radical (unpaired) electrons. The van der Waals surface area contributed by atoms with Gasteiger partial charge in [0, 0.05) is 10.6 Å². The van der Waals surface area contributed by atoms with Crippen LogP contribution in [0.3, 0.4) is 0 Å². The van der Waals surface area contributed by atoms with Crippen LogP contribution in [0, 0.1) is 13.8 Å². The van der Waals surface area contributed by atoms with E-state index < -0.39 is 0 Å². The van der Waals surface area contributed by atoms with Crippen LogP contribution >= 0.6 is 39.3 Å². The monoisotopic (exact) mass is 436 g/mol. The van der Waals surface area contributed by atoms with Crippen LogP contribution in [0.25, 0.3) is 6.08 Å². The molecule has 1 heterocycles. The number of amidine groups is 1. The molecule has 0 aromatic heterocycles. The van der Waals surface area contributed by atoms with Crippen molar-refractivity contribution in [1.29, 1.82) is 0 Å². The number of aromatic hydroxyl groups is 1. The van der Waals surface area contributed by atoms with Crippen LogP contribution in [0.15, 0.2) is 44.7 Å². The van der Waals surface area contributed by atoms with E-state index >= 15 is 0 Å². The minimum absolute atomic E-state index is 0.0324. The molecule has 128 valence electrons. The number of benzene rings is 2. The summed E-state index contributed by atoms with van der Waals surface area (Å²) >= 11 is 10.5. The van der Waals surface area contributed by atoms with Crippen LogP contribution in [0.5, 0.6) is 5.75 Å². The van der Waals surface area contributed by atoms with Crippen LogP contribution in [0.1, 0.15) is 16.7 Å². The van der Waals surface area contributed by atoms with E-state index in [4.69, 9.17) is 11.6 Å². The number of carbonyl (C=O) groups excluding carboxylic acids is 1. The number of aryl methyl sites for hydroxylation is 2. The van der Waals surface area contributed by atoms with Crippen LogP contribution in [-0.4, -0.2) is 16.2 Å². The molecule has 1 fully saturated rings. The van der Waals surface area contributed by atoms with Gasteiger partial charge in [0.25, 0.3) is 5.91 Å². The molecule has 4 nitrogen and oxygen atoms in total. The predicted molar refractivity (Wildman–Crippen MR) is 108 cm³/mol. The van der Waals surface area contributed by atoms with E-state index in [1.165, 1.54) is 11.8 Å². The minimum Gasteiger partial charge on any atom is -0.506 e. The molecular formula is C18H14BrClN2O2S. The van der Waals surface area contributed by atoms with Crippen molar-refractivity contribution < 1.29 is 9.90 Å². The Kier molecular flexibility index (Phi) is 5.22. The Bertz CT molecular complexity index is 921. The Hall–Kier alpha value is -1.76. The molecule has 0 aliphatic carbocycles. The molecule has 2 aromatic carbocycles. The SMILES string of the molecule is Cc1cc(C)cc(N=C2NC(=O)/C(=C/c3cc(Cl)cc(Br)c3O)S2)c1. The number of hydrogen-bond acceptors (Lipinski definition) is 4. The van der Waals surface area contributed by atoms with E-state index in [1.807, 2.05) is 26.0 Å². The number of halogens is 2. The van der Waals surface area contributed by atoms with Gasteiger partial charge in [-0.05, 0) is 83.0 Å². The second-order valence-electron chi connectivity index (χ2n) is 5.65. The van der Waals surface area contributed by atoms with E-state index in [9.17, 15) is 9.90 Å². The maximum absolute atomic E-state index is 12.2. The average molecular weight is 438 g/mol. The molecular weight excluding hydrogens is 424 g/mol. The second kappa shape index (κ2) is 7.23. The largest absolute Gasteiger partial charge is 0.506 e. The van der Waals surface area contributed by atoms with Gasteiger partial charge < -0.3 is 10.4 Å². The first-order chi connectivity index (χ1) is 11.8. The van der Waals surface area contributed by atoms with Crippen molar-refractivity contribution in [1.82, 2.24) is 5.32 Å². The second-order valence-corrected chi connectivity index (χ2v) is 7.97.